The molecule has 0 amide bonds. The molecular weight excluding hydrogens is 240 g/mol. The molecule has 1 rings (SSSR count). The molecule has 0 saturated heterocycles. The third kappa shape index (κ3) is 8.82. The maximum Gasteiger partial charge on any atom is 0.333 e. The van der Waals surface area contributed by atoms with E-state index in [9.17, 15) is 4.79 Å². The van der Waals surface area contributed by atoms with Crippen molar-refractivity contribution in [2.24, 2.45) is 0 Å². The number of esters is 1. The fourth-order valence-corrected chi connectivity index (χ4v) is 2.23. The van der Waals surface area contributed by atoms with Gasteiger partial charge >= 0.3 is 5.97 Å². The van der Waals surface area contributed by atoms with Gasteiger partial charge < -0.3 is 9.47 Å². The summed E-state index contributed by atoms with van der Waals surface area (Å²) in [6, 6.07) is 0. The van der Waals surface area contributed by atoms with Gasteiger partial charge in [0.1, 0.15) is 0 Å². The number of cyclic esters (lactones) is 1. The van der Waals surface area contributed by atoms with Gasteiger partial charge in [0.05, 0.1) is 6.61 Å². The molecule has 0 bridgehead atoms. The standard InChI is InChI=1S/C16H28O3/c1-2-3-4-5-6-7-8-9-10-11-14-18-16-13-12-15(17)19-16/h12-13,16H,2-11,14H2,1H3. The molecule has 110 valence electrons. The molecule has 3 heteroatoms. The Hall–Kier alpha value is -0.830. The van der Waals surface area contributed by atoms with Crippen LogP contribution in [0.3, 0.4) is 0 Å². The number of ether oxygens (including phenoxy) is 2. The van der Waals surface area contributed by atoms with E-state index in [2.05, 4.69) is 6.92 Å². The molecular formula is C16H28O3. The number of unbranched alkanes of at least 4 members (excludes halogenated alkanes) is 9. The molecule has 0 radical (unpaired) electrons. The van der Waals surface area contributed by atoms with E-state index in [1.807, 2.05) is 0 Å². The molecule has 0 aliphatic carbocycles. The van der Waals surface area contributed by atoms with Crippen molar-refractivity contribution in [3.63, 3.8) is 0 Å². The average molecular weight is 268 g/mol. The van der Waals surface area contributed by atoms with Gasteiger partial charge in [-0.3, -0.25) is 0 Å². The topological polar surface area (TPSA) is 35.5 Å². The van der Waals surface area contributed by atoms with Crippen LogP contribution in [0.2, 0.25) is 0 Å². The quantitative estimate of drug-likeness (QED) is 0.389. The molecule has 1 atom stereocenters. The molecule has 3 nitrogen and oxygen atoms in total. The molecule has 1 aliphatic heterocycles. The number of carbonyl (C=O) groups excluding carboxylic acids is 1. The minimum atomic E-state index is -0.439. The van der Waals surface area contributed by atoms with E-state index in [4.69, 9.17) is 9.47 Å². The van der Waals surface area contributed by atoms with Crippen LogP contribution in [0.25, 0.3) is 0 Å². The van der Waals surface area contributed by atoms with Crippen LogP contribution in [0.15, 0.2) is 12.2 Å². The zero-order valence-corrected chi connectivity index (χ0v) is 12.2. The van der Waals surface area contributed by atoms with Crippen LogP contribution >= 0.6 is 0 Å². The fourth-order valence-electron chi connectivity index (χ4n) is 2.23. The summed E-state index contributed by atoms with van der Waals surface area (Å²) in [6.07, 6.45) is 15.8. The van der Waals surface area contributed by atoms with Crippen LogP contribution in [0.5, 0.6) is 0 Å². The van der Waals surface area contributed by atoms with Crippen molar-refractivity contribution in [3.05, 3.63) is 12.2 Å². The van der Waals surface area contributed by atoms with Crippen LogP contribution in [0.4, 0.5) is 0 Å². The predicted molar refractivity (Wildman–Crippen MR) is 76.8 cm³/mol. The third-order valence-electron chi connectivity index (χ3n) is 3.40. The smallest absolute Gasteiger partial charge is 0.333 e. The maximum atomic E-state index is 10.8. The second-order valence-corrected chi connectivity index (χ2v) is 5.22. The van der Waals surface area contributed by atoms with Crippen LogP contribution in [0, 0.1) is 0 Å². The Morgan fingerprint density at radius 2 is 1.58 bits per heavy atom. The van der Waals surface area contributed by atoms with Gasteiger partial charge in [-0.15, -0.1) is 0 Å². The lowest BCUT2D eigenvalue weighted by atomic mass is 10.1. The van der Waals surface area contributed by atoms with Gasteiger partial charge in [-0.05, 0) is 12.5 Å². The Morgan fingerprint density at radius 1 is 1.00 bits per heavy atom. The van der Waals surface area contributed by atoms with E-state index in [1.165, 1.54) is 63.9 Å². The summed E-state index contributed by atoms with van der Waals surface area (Å²) in [5, 5.41) is 0. The number of rotatable bonds is 12. The van der Waals surface area contributed by atoms with Crippen molar-refractivity contribution in [1.29, 1.82) is 0 Å². The average Bonchev–Trinajstić information content (AvgIpc) is 2.82. The Morgan fingerprint density at radius 3 is 2.11 bits per heavy atom. The summed E-state index contributed by atoms with van der Waals surface area (Å²) in [6.45, 7) is 2.93. The molecule has 0 N–H and O–H groups in total. The van der Waals surface area contributed by atoms with E-state index in [-0.39, 0.29) is 5.97 Å². The normalized spacial score (nSPS) is 17.9. The highest BCUT2D eigenvalue weighted by molar-refractivity contribution is 5.84. The Labute approximate surface area is 117 Å². The minimum Gasteiger partial charge on any atom is -0.429 e. The van der Waals surface area contributed by atoms with E-state index in [0.717, 1.165) is 6.42 Å². The highest BCUT2D eigenvalue weighted by atomic mass is 16.7. The molecule has 19 heavy (non-hydrogen) atoms. The summed E-state index contributed by atoms with van der Waals surface area (Å²) in [7, 11) is 0. The zero-order valence-electron chi connectivity index (χ0n) is 12.2. The zero-order chi connectivity index (χ0) is 13.8. The second-order valence-electron chi connectivity index (χ2n) is 5.22. The first-order valence-corrected chi connectivity index (χ1v) is 7.83. The largest absolute Gasteiger partial charge is 0.429 e. The first kappa shape index (κ1) is 16.2. The van der Waals surface area contributed by atoms with Crippen LogP contribution in [0.1, 0.15) is 71.1 Å². The van der Waals surface area contributed by atoms with Gasteiger partial charge in [0.15, 0.2) is 0 Å². The summed E-state index contributed by atoms with van der Waals surface area (Å²) in [4.78, 5) is 10.8. The molecule has 0 saturated carbocycles. The van der Waals surface area contributed by atoms with Gasteiger partial charge in [-0.25, -0.2) is 4.79 Å². The van der Waals surface area contributed by atoms with E-state index in [1.54, 1.807) is 6.08 Å². The molecule has 0 aromatic heterocycles. The lowest BCUT2D eigenvalue weighted by molar-refractivity contribution is -0.158. The lowest BCUT2D eigenvalue weighted by Gasteiger charge is -2.09. The van der Waals surface area contributed by atoms with Crippen molar-refractivity contribution < 1.29 is 14.3 Å². The molecule has 0 aromatic carbocycles. The monoisotopic (exact) mass is 268 g/mol. The van der Waals surface area contributed by atoms with Gasteiger partial charge in [0.2, 0.25) is 6.29 Å². The second kappa shape index (κ2) is 11.0. The predicted octanol–water partition coefficient (Wildman–Crippen LogP) is 4.36. The van der Waals surface area contributed by atoms with Crippen LogP contribution in [-0.2, 0) is 14.3 Å². The van der Waals surface area contributed by atoms with Gasteiger partial charge in [-0.1, -0.05) is 64.7 Å². The van der Waals surface area contributed by atoms with Crippen molar-refractivity contribution in [1.82, 2.24) is 0 Å². The first-order valence-electron chi connectivity index (χ1n) is 7.83. The van der Waals surface area contributed by atoms with Crippen LogP contribution in [-0.4, -0.2) is 18.9 Å². The molecule has 1 aliphatic rings. The Kier molecular flexibility index (Phi) is 9.42. The van der Waals surface area contributed by atoms with Crippen molar-refractivity contribution in [2.75, 3.05) is 6.61 Å². The van der Waals surface area contributed by atoms with Gasteiger partial charge in [-0.2, -0.15) is 0 Å². The molecule has 1 heterocycles. The van der Waals surface area contributed by atoms with Crippen LogP contribution < -0.4 is 0 Å². The van der Waals surface area contributed by atoms with Crippen molar-refractivity contribution >= 4 is 5.97 Å². The molecule has 0 fully saturated rings. The third-order valence-corrected chi connectivity index (χ3v) is 3.40. The number of hydrogen-bond acceptors (Lipinski definition) is 3. The van der Waals surface area contributed by atoms with E-state index >= 15 is 0 Å². The molecule has 0 spiro atoms. The maximum absolute atomic E-state index is 10.8. The number of hydrogen-bond donors (Lipinski definition) is 0. The minimum absolute atomic E-state index is 0.298. The first-order chi connectivity index (χ1) is 9.33. The summed E-state index contributed by atoms with van der Waals surface area (Å²) in [5.74, 6) is -0.298. The fraction of sp³-hybridized carbons (Fsp3) is 0.812. The highest BCUT2D eigenvalue weighted by Gasteiger charge is 2.15. The van der Waals surface area contributed by atoms with E-state index in [0.29, 0.717) is 6.61 Å². The van der Waals surface area contributed by atoms with Gasteiger partial charge in [0.25, 0.3) is 0 Å². The van der Waals surface area contributed by atoms with Crippen molar-refractivity contribution in [2.45, 2.75) is 77.4 Å². The Bertz CT molecular complexity index is 261. The molecule has 1 unspecified atom stereocenters. The Balaban J connectivity index is 1.74. The number of carbonyl (C=O) groups is 1. The van der Waals surface area contributed by atoms with E-state index < -0.39 is 6.29 Å². The highest BCUT2D eigenvalue weighted by Crippen LogP contribution is 2.11. The summed E-state index contributed by atoms with van der Waals surface area (Å²) in [5.41, 5.74) is 0. The van der Waals surface area contributed by atoms with Gasteiger partial charge in [0, 0.05) is 6.08 Å². The summed E-state index contributed by atoms with van der Waals surface area (Å²) >= 11 is 0. The SMILES string of the molecule is CCCCCCCCCCCCOC1C=CC(=O)O1. The summed E-state index contributed by atoms with van der Waals surface area (Å²) < 4.78 is 10.3. The van der Waals surface area contributed by atoms with Crippen molar-refractivity contribution in [3.8, 4) is 0 Å². The molecule has 0 aromatic rings. The lowest BCUT2D eigenvalue weighted by Crippen LogP contribution is -2.12.